The SMILES string of the molecule is COc1cccc(C(=O)/C=C/c2c(C)nc3sc(C)cn23)c1. The number of allylic oxidation sites excluding steroid dienone is 1. The molecule has 4 nitrogen and oxygen atoms in total. The van der Waals surface area contributed by atoms with Crippen molar-refractivity contribution in [3.63, 3.8) is 0 Å². The van der Waals surface area contributed by atoms with E-state index in [4.69, 9.17) is 4.74 Å². The molecule has 112 valence electrons. The van der Waals surface area contributed by atoms with Crippen molar-refractivity contribution < 1.29 is 9.53 Å². The number of benzene rings is 1. The fraction of sp³-hybridized carbons (Fsp3) is 0.176. The highest BCUT2D eigenvalue weighted by Gasteiger charge is 2.09. The summed E-state index contributed by atoms with van der Waals surface area (Å²) < 4.78 is 7.16. The van der Waals surface area contributed by atoms with E-state index in [0.29, 0.717) is 11.3 Å². The first-order valence-corrected chi connectivity index (χ1v) is 7.71. The van der Waals surface area contributed by atoms with Gasteiger partial charge in [0.1, 0.15) is 5.75 Å². The molecule has 0 aliphatic carbocycles. The maximum absolute atomic E-state index is 12.3. The Balaban J connectivity index is 1.91. The zero-order valence-electron chi connectivity index (χ0n) is 12.7. The molecule has 0 saturated carbocycles. The smallest absolute Gasteiger partial charge is 0.194 e. The zero-order valence-corrected chi connectivity index (χ0v) is 13.5. The fourth-order valence-corrected chi connectivity index (χ4v) is 3.19. The van der Waals surface area contributed by atoms with E-state index in [-0.39, 0.29) is 5.78 Å². The number of imidazole rings is 1. The van der Waals surface area contributed by atoms with Crippen LogP contribution in [0.25, 0.3) is 11.0 Å². The van der Waals surface area contributed by atoms with Gasteiger partial charge in [0.25, 0.3) is 0 Å². The number of carbonyl (C=O) groups is 1. The van der Waals surface area contributed by atoms with E-state index >= 15 is 0 Å². The zero-order chi connectivity index (χ0) is 15.7. The number of fused-ring (bicyclic) bond motifs is 1. The summed E-state index contributed by atoms with van der Waals surface area (Å²) in [4.78, 5) is 18.9. The Morgan fingerprint density at radius 1 is 1.36 bits per heavy atom. The van der Waals surface area contributed by atoms with Gasteiger partial charge < -0.3 is 4.74 Å². The van der Waals surface area contributed by atoms with Crippen molar-refractivity contribution in [3.05, 3.63) is 58.4 Å². The molecule has 0 saturated heterocycles. The highest BCUT2D eigenvalue weighted by atomic mass is 32.1. The predicted octanol–water partition coefficient (Wildman–Crippen LogP) is 3.92. The van der Waals surface area contributed by atoms with E-state index in [9.17, 15) is 4.79 Å². The van der Waals surface area contributed by atoms with Crippen LogP contribution in [0.3, 0.4) is 0 Å². The number of ether oxygens (including phenoxy) is 1. The maximum Gasteiger partial charge on any atom is 0.194 e. The van der Waals surface area contributed by atoms with Gasteiger partial charge in [-0.25, -0.2) is 4.98 Å². The van der Waals surface area contributed by atoms with Gasteiger partial charge >= 0.3 is 0 Å². The first kappa shape index (κ1) is 14.5. The van der Waals surface area contributed by atoms with Crippen molar-refractivity contribution in [3.8, 4) is 5.75 Å². The molecular formula is C17H16N2O2S. The van der Waals surface area contributed by atoms with Crippen LogP contribution in [-0.4, -0.2) is 22.3 Å². The van der Waals surface area contributed by atoms with Gasteiger partial charge in [0.15, 0.2) is 10.7 Å². The molecule has 0 bridgehead atoms. The molecule has 2 heterocycles. The molecule has 0 radical (unpaired) electrons. The first-order valence-electron chi connectivity index (χ1n) is 6.90. The van der Waals surface area contributed by atoms with Crippen LogP contribution in [0.4, 0.5) is 0 Å². The van der Waals surface area contributed by atoms with E-state index in [1.807, 2.05) is 42.7 Å². The molecule has 0 amide bonds. The Labute approximate surface area is 132 Å². The largest absolute Gasteiger partial charge is 0.497 e. The van der Waals surface area contributed by atoms with Crippen molar-refractivity contribution in [1.29, 1.82) is 0 Å². The normalized spacial score (nSPS) is 11.4. The van der Waals surface area contributed by atoms with Gasteiger partial charge in [-0.3, -0.25) is 9.20 Å². The van der Waals surface area contributed by atoms with Crippen LogP contribution in [0.2, 0.25) is 0 Å². The molecule has 0 N–H and O–H groups in total. The second-order valence-electron chi connectivity index (χ2n) is 5.01. The van der Waals surface area contributed by atoms with Crippen molar-refractivity contribution in [2.24, 2.45) is 0 Å². The summed E-state index contributed by atoms with van der Waals surface area (Å²) in [6.07, 6.45) is 5.44. The van der Waals surface area contributed by atoms with Crippen LogP contribution >= 0.6 is 11.3 Å². The van der Waals surface area contributed by atoms with Crippen molar-refractivity contribution >= 4 is 28.2 Å². The third-order valence-corrected chi connectivity index (χ3v) is 4.31. The number of aromatic nitrogens is 2. The van der Waals surface area contributed by atoms with Crippen LogP contribution in [-0.2, 0) is 0 Å². The van der Waals surface area contributed by atoms with E-state index < -0.39 is 0 Å². The van der Waals surface area contributed by atoms with Crippen molar-refractivity contribution in [2.45, 2.75) is 13.8 Å². The summed E-state index contributed by atoms with van der Waals surface area (Å²) >= 11 is 1.64. The highest BCUT2D eigenvalue weighted by Crippen LogP contribution is 2.22. The molecule has 0 aliphatic heterocycles. The minimum atomic E-state index is -0.0554. The lowest BCUT2D eigenvalue weighted by atomic mass is 10.1. The molecule has 1 aromatic carbocycles. The number of aryl methyl sites for hydroxylation is 2. The molecule has 3 aromatic rings. The summed E-state index contributed by atoms with van der Waals surface area (Å²) in [5.74, 6) is 0.621. The third kappa shape index (κ3) is 2.67. The van der Waals surface area contributed by atoms with Crippen LogP contribution in [0, 0.1) is 13.8 Å². The molecule has 2 aromatic heterocycles. The van der Waals surface area contributed by atoms with E-state index in [1.54, 1.807) is 36.7 Å². The Hall–Kier alpha value is -2.40. The number of nitrogens with zero attached hydrogens (tertiary/aromatic N) is 2. The quantitative estimate of drug-likeness (QED) is 0.542. The van der Waals surface area contributed by atoms with Crippen LogP contribution in [0.15, 0.2) is 36.5 Å². The molecule has 0 aliphatic rings. The summed E-state index contributed by atoms with van der Waals surface area (Å²) in [5, 5.41) is 0. The Kier molecular flexibility index (Phi) is 3.81. The van der Waals surface area contributed by atoms with Gasteiger partial charge in [0.2, 0.25) is 0 Å². The van der Waals surface area contributed by atoms with Crippen molar-refractivity contribution in [2.75, 3.05) is 7.11 Å². The average molecular weight is 312 g/mol. The standard InChI is InChI=1S/C17H16N2O2S/c1-11-10-19-15(12(2)18-17(19)22-11)7-8-16(20)13-5-4-6-14(9-13)21-3/h4-10H,1-3H3/b8-7+. The minimum absolute atomic E-state index is 0.0554. The molecular weight excluding hydrogens is 296 g/mol. The summed E-state index contributed by atoms with van der Waals surface area (Å²) in [7, 11) is 1.59. The number of carbonyl (C=O) groups excluding carboxylic acids is 1. The number of methoxy groups -OCH3 is 1. The van der Waals surface area contributed by atoms with Crippen LogP contribution in [0.1, 0.15) is 26.6 Å². The van der Waals surface area contributed by atoms with E-state index in [2.05, 4.69) is 4.98 Å². The first-order chi connectivity index (χ1) is 10.6. The summed E-state index contributed by atoms with van der Waals surface area (Å²) in [5.41, 5.74) is 2.46. The minimum Gasteiger partial charge on any atom is -0.497 e. The molecule has 3 rings (SSSR count). The third-order valence-electron chi connectivity index (χ3n) is 3.41. The van der Waals surface area contributed by atoms with Gasteiger partial charge in [-0.1, -0.05) is 12.1 Å². The van der Waals surface area contributed by atoms with Gasteiger partial charge in [-0.05, 0) is 38.1 Å². The maximum atomic E-state index is 12.3. The molecule has 0 fully saturated rings. The monoisotopic (exact) mass is 312 g/mol. The number of hydrogen-bond donors (Lipinski definition) is 0. The predicted molar refractivity (Wildman–Crippen MR) is 88.9 cm³/mol. The van der Waals surface area contributed by atoms with Gasteiger partial charge in [0.05, 0.1) is 18.5 Å². The average Bonchev–Trinajstić information content (AvgIpc) is 3.00. The van der Waals surface area contributed by atoms with Crippen LogP contribution < -0.4 is 4.74 Å². The molecule has 5 heteroatoms. The summed E-state index contributed by atoms with van der Waals surface area (Å²) in [6, 6.07) is 7.15. The molecule has 22 heavy (non-hydrogen) atoms. The van der Waals surface area contributed by atoms with Crippen molar-refractivity contribution in [1.82, 2.24) is 9.38 Å². The topological polar surface area (TPSA) is 43.6 Å². The van der Waals surface area contributed by atoms with Gasteiger partial charge in [-0.2, -0.15) is 0 Å². The Morgan fingerprint density at radius 3 is 2.95 bits per heavy atom. The second kappa shape index (κ2) is 5.77. The van der Waals surface area contributed by atoms with E-state index in [1.165, 1.54) is 4.88 Å². The Bertz CT molecular complexity index is 874. The number of ketones is 1. The highest BCUT2D eigenvalue weighted by molar-refractivity contribution is 7.17. The molecule has 0 spiro atoms. The molecule has 0 atom stereocenters. The lowest BCUT2D eigenvalue weighted by molar-refractivity contribution is 0.104. The summed E-state index contributed by atoms with van der Waals surface area (Å²) in [6.45, 7) is 3.99. The molecule has 0 unspecified atom stereocenters. The second-order valence-corrected chi connectivity index (χ2v) is 6.22. The number of thiazole rings is 1. The number of hydrogen-bond acceptors (Lipinski definition) is 4. The Morgan fingerprint density at radius 2 is 2.18 bits per heavy atom. The fourth-order valence-electron chi connectivity index (χ4n) is 2.31. The number of rotatable bonds is 4. The van der Waals surface area contributed by atoms with Crippen LogP contribution in [0.5, 0.6) is 5.75 Å². The lowest BCUT2D eigenvalue weighted by Gasteiger charge is -2.01. The lowest BCUT2D eigenvalue weighted by Crippen LogP contribution is -1.95. The van der Waals surface area contributed by atoms with Gasteiger partial charge in [0, 0.05) is 16.6 Å². The van der Waals surface area contributed by atoms with Gasteiger partial charge in [-0.15, -0.1) is 11.3 Å². The van der Waals surface area contributed by atoms with E-state index in [0.717, 1.165) is 16.3 Å².